The van der Waals surface area contributed by atoms with Crippen LogP contribution in [0.5, 0.6) is 5.88 Å². The van der Waals surface area contributed by atoms with Gasteiger partial charge in [-0.2, -0.15) is 0 Å². The average Bonchev–Trinajstić information content (AvgIpc) is 2.65. The smallest absolute Gasteiger partial charge is 0.273 e. The summed E-state index contributed by atoms with van der Waals surface area (Å²) >= 11 is 0. The number of hydrogen-bond donors (Lipinski definition) is 2. The number of rotatable bonds is 6. The molecule has 3 rings (SSSR count). The third-order valence-corrected chi connectivity index (χ3v) is 3.79. The summed E-state index contributed by atoms with van der Waals surface area (Å²) in [4.78, 5) is 40.8. The quantitative estimate of drug-likeness (QED) is 0.681. The number of pyridine rings is 1. The molecule has 0 unspecified atom stereocenters. The molecule has 0 bridgehead atoms. The largest absolute Gasteiger partial charge is 0.478 e. The van der Waals surface area contributed by atoms with Crippen molar-refractivity contribution in [2.45, 2.75) is 20.0 Å². The number of H-pyrrole nitrogens is 1. The monoisotopic (exact) mass is 354 g/mol. The van der Waals surface area contributed by atoms with Crippen LogP contribution in [0, 0.1) is 0 Å². The molecule has 134 valence electrons. The van der Waals surface area contributed by atoms with Crippen molar-refractivity contribution >= 4 is 16.7 Å². The fourth-order valence-electron chi connectivity index (χ4n) is 2.58. The van der Waals surface area contributed by atoms with Crippen LogP contribution in [0.3, 0.4) is 0 Å². The van der Waals surface area contributed by atoms with Crippen LogP contribution in [-0.4, -0.2) is 27.3 Å². The van der Waals surface area contributed by atoms with Crippen LogP contribution in [0.4, 0.5) is 0 Å². The maximum absolute atomic E-state index is 12.4. The highest BCUT2D eigenvalue weighted by Crippen LogP contribution is 2.13. The van der Waals surface area contributed by atoms with Gasteiger partial charge in [0.25, 0.3) is 11.1 Å². The highest BCUT2D eigenvalue weighted by Gasteiger charge is 2.11. The van der Waals surface area contributed by atoms with E-state index in [-0.39, 0.29) is 18.5 Å². The number of aromatic nitrogens is 3. The van der Waals surface area contributed by atoms with Gasteiger partial charge in [-0.25, -0.2) is 9.67 Å². The molecule has 8 heteroatoms. The number of aromatic amines is 1. The number of carbonyl (C=O) groups is 1. The van der Waals surface area contributed by atoms with E-state index in [1.165, 1.54) is 0 Å². The summed E-state index contributed by atoms with van der Waals surface area (Å²) in [5.74, 6) is 0.0379. The van der Waals surface area contributed by atoms with Crippen molar-refractivity contribution in [3.05, 3.63) is 68.9 Å². The zero-order chi connectivity index (χ0) is 18.5. The van der Waals surface area contributed by atoms with Crippen LogP contribution >= 0.6 is 0 Å². The molecule has 2 aromatic heterocycles. The summed E-state index contributed by atoms with van der Waals surface area (Å²) in [6.07, 6.45) is 1.61. The van der Waals surface area contributed by atoms with Gasteiger partial charge in [-0.1, -0.05) is 18.2 Å². The molecule has 1 amide bonds. The van der Waals surface area contributed by atoms with Gasteiger partial charge < -0.3 is 10.1 Å². The summed E-state index contributed by atoms with van der Waals surface area (Å²) in [5.41, 5.74) is -0.118. The Hall–Kier alpha value is -3.42. The van der Waals surface area contributed by atoms with Crippen LogP contribution in [-0.2, 0) is 17.9 Å². The van der Waals surface area contributed by atoms with Crippen molar-refractivity contribution in [2.24, 2.45) is 0 Å². The second kappa shape index (κ2) is 7.64. The SMILES string of the molecule is CCOc1ncccc1CNC(=O)Cn1[nH]c(=O)c2ccccc2c1=O. The summed E-state index contributed by atoms with van der Waals surface area (Å²) in [6.45, 7) is 2.23. The Kier molecular flexibility index (Phi) is 5.12. The maximum atomic E-state index is 12.4. The average molecular weight is 354 g/mol. The van der Waals surface area contributed by atoms with Gasteiger partial charge in [0.15, 0.2) is 0 Å². The van der Waals surface area contributed by atoms with Gasteiger partial charge in [0, 0.05) is 18.3 Å². The fourth-order valence-corrected chi connectivity index (χ4v) is 2.58. The first-order valence-electron chi connectivity index (χ1n) is 8.15. The van der Waals surface area contributed by atoms with Crippen molar-refractivity contribution in [2.75, 3.05) is 6.61 Å². The number of nitrogens with zero attached hydrogens (tertiary/aromatic N) is 2. The molecule has 8 nitrogen and oxygen atoms in total. The highest BCUT2D eigenvalue weighted by molar-refractivity contribution is 5.81. The Morgan fingerprint density at radius 2 is 1.96 bits per heavy atom. The van der Waals surface area contributed by atoms with E-state index < -0.39 is 17.0 Å². The summed E-state index contributed by atoms with van der Waals surface area (Å²) in [6, 6.07) is 10.0. The lowest BCUT2D eigenvalue weighted by Crippen LogP contribution is -2.36. The molecule has 1 aromatic carbocycles. The molecular weight excluding hydrogens is 336 g/mol. The number of nitrogens with one attached hydrogen (secondary N) is 2. The molecule has 0 aliphatic rings. The third kappa shape index (κ3) is 3.64. The van der Waals surface area contributed by atoms with Crippen LogP contribution < -0.4 is 21.2 Å². The van der Waals surface area contributed by atoms with Gasteiger partial charge in [0.05, 0.1) is 17.4 Å². The lowest BCUT2D eigenvalue weighted by Gasteiger charge is -2.11. The van der Waals surface area contributed by atoms with Crippen LogP contribution in [0.1, 0.15) is 12.5 Å². The molecule has 0 saturated heterocycles. The van der Waals surface area contributed by atoms with Gasteiger partial charge in [-0.05, 0) is 25.1 Å². The molecule has 0 aliphatic heterocycles. The van der Waals surface area contributed by atoms with Gasteiger partial charge in [-0.15, -0.1) is 0 Å². The zero-order valence-electron chi connectivity index (χ0n) is 14.2. The fraction of sp³-hybridized carbons (Fsp3) is 0.222. The minimum absolute atomic E-state index is 0.203. The first kappa shape index (κ1) is 17.4. The standard InChI is InChI=1S/C18H18N4O4/c1-2-26-17-12(6-5-9-19-17)10-20-15(23)11-22-18(25)14-8-4-3-7-13(14)16(24)21-22/h3-9H,2,10-11H2,1H3,(H,20,23)(H,21,24). The number of carbonyl (C=O) groups excluding carboxylic acids is 1. The van der Waals surface area contributed by atoms with E-state index in [1.807, 2.05) is 6.92 Å². The van der Waals surface area contributed by atoms with Gasteiger partial charge in [-0.3, -0.25) is 19.5 Å². The Bertz CT molecular complexity index is 1050. The minimum Gasteiger partial charge on any atom is -0.478 e. The Balaban J connectivity index is 1.75. The van der Waals surface area contributed by atoms with E-state index in [9.17, 15) is 14.4 Å². The molecule has 0 saturated carbocycles. The lowest BCUT2D eigenvalue weighted by molar-refractivity contribution is -0.122. The summed E-state index contributed by atoms with van der Waals surface area (Å²) in [5, 5.41) is 5.70. The van der Waals surface area contributed by atoms with Gasteiger partial charge >= 0.3 is 0 Å². The van der Waals surface area contributed by atoms with Crippen molar-refractivity contribution < 1.29 is 9.53 Å². The Morgan fingerprint density at radius 1 is 1.19 bits per heavy atom. The molecule has 0 atom stereocenters. The topological polar surface area (TPSA) is 106 Å². The third-order valence-electron chi connectivity index (χ3n) is 3.79. The van der Waals surface area contributed by atoms with E-state index >= 15 is 0 Å². The van der Waals surface area contributed by atoms with Gasteiger partial charge in [0.2, 0.25) is 11.8 Å². The highest BCUT2D eigenvalue weighted by atomic mass is 16.5. The molecular formula is C18H18N4O4. The van der Waals surface area contributed by atoms with Crippen LogP contribution in [0.2, 0.25) is 0 Å². The normalized spacial score (nSPS) is 10.7. The Morgan fingerprint density at radius 3 is 2.73 bits per heavy atom. The number of amides is 1. The first-order chi connectivity index (χ1) is 12.6. The number of hydrogen-bond acceptors (Lipinski definition) is 5. The lowest BCUT2D eigenvalue weighted by atomic mass is 10.2. The number of fused-ring (bicyclic) bond motifs is 1. The molecule has 3 aromatic rings. The number of ether oxygens (including phenoxy) is 1. The van der Waals surface area contributed by atoms with E-state index in [4.69, 9.17) is 4.74 Å². The molecule has 0 spiro atoms. The molecule has 0 radical (unpaired) electrons. The number of benzene rings is 1. The van der Waals surface area contributed by atoms with Crippen molar-refractivity contribution in [3.63, 3.8) is 0 Å². The molecule has 0 fully saturated rings. The Labute approximate surface area is 148 Å². The predicted octanol–water partition coefficient (Wildman–Crippen LogP) is 0.800. The molecule has 26 heavy (non-hydrogen) atoms. The molecule has 2 N–H and O–H groups in total. The second-order valence-electron chi connectivity index (χ2n) is 5.56. The van der Waals surface area contributed by atoms with E-state index in [0.29, 0.717) is 17.9 Å². The second-order valence-corrected chi connectivity index (χ2v) is 5.56. The van der Waals surface area contributed by atoms with E-state index in [2.05, 4.69) is 15.4 Å². The van der Waals surface area contributed by atoms with Crippen LogP contribution in [0.15, 0.2) is 52.2 Å². The van der Waals surface area contributed by atoms with E-state index in [0.717, 1.165) is 10.2 Å². The van der Waals surface area contributed by atoms with Gasteiger partial charge in [0.1, 0.15) is 6.54 Å². The first-order valence-corrected chi connectivity index (χ1v) is 8.15. The van der Waals surface area contributed by atoms with Crippen molar-refractivity contribution in [1.29, 1.82) is 0 Å². The van der Waals surface area contributed by atoms with Crippen molar-refractivity contribution in [3.8, 4) is 5.88 Å². The maximum Gasteiger partial charge on any atom is 0.273 e. The van der Waals surface area contributed by atoms with Crippen molar-refractivity contribution in [1.82, 2.24) is 20.1 Å². The summed E-state index contributed by atoms with van der Waals surface area (Å²) in [7, 11) is 0. The minimum atomic E-state index is -0.424. The predicted molar refractivity (Wildman–Crippen MR) is 96.1 cm³/mol. The van der Waals surface area contributed by atoms with E-state index in [1.54, 1.807) is 42.6 Å². The summed E-state index contributed by atoms with van der Waals surface area (Å²) < 4.78 is 6.41. The molecule has 2 heterocycles. The zero-order valence-corrected chi connectivity index (χ0v) is 14.2. The molecule has 0 aliphatic carbocycles. The van der Waals surface area contributed by atoms with Crippen LogP contribution in [0.25, 0.3) is 10.8 Å².